The summed E-state index contributed by atoms with van der Waals surface area (Å²) in [4.78, 5) is 0. The third kappa shape index (κ3) is 4.43. The molecular weight excluding hydrogens is 191 g/mol. The van der Waals surface area contributed by atoms with E-state index in [2.05, 4.69) is 3.07 Å². The minimum absolute atomic E-state index is 0.719. The Bertz CT molecular complexity index is 42.8. The van der Waals surface area contributed by atoms with Gasteiger partial charge in [-0.2, -0.15) is 0 Å². The van der Waals surface area contributed by atoms with Gasteiger partial charge >= 0.3 is 0 Å². The fourth-order valence-corrected chi connectivity index (χ4v) is 0.340. The molecule has 0 aromatic rings. The second kappa shape index (κ2) is 5.43. The molecule has 0 aromatic carbocycles. The van der Waals surface area contributed by atoms with Crippen molar-refractivity contribution in [3.63, 3.8) is 0 Å². The van der Waals surface area contributed by atoms with Crippen LogP contribution in [0, 0.1) is 0 Å². The van der Waals surface area contributed by atoms with Gasteiger partial charge in [-0.25, -0.2) is 0 Å². The smallest absolute Gasteiger partial charge is 0.110 e. The maximum absolute atomic E-state index is 4.67. The molecule has 0 heterocycles. The van der Waals surface area contributed by atoms with Crippen molar-refractivity contribution in [3.8, 4) is 0 Å². The molecule has 2 heteroatoms. The number of hydrogen-bond donors (Lipinski definition) is 0. The Labute approximate surface area is 52.1 Å². The van der Waals surface area contributed by atoms with Crippen molar-refractivity contribution in [1.29, 1.82) is 0 Å². The van der Waals surface area contributed by atoms with E-state index in [4.69, 9.17) is 0 Å². The molecule has 6 heavy (non-hydrogen) atoms. The molecule has 36 valence electrons. The van der Waals surface area contributed by atoms with Crippen LogP contribution < -0.4 is 0 Å². The van der Waals surface area contributed by atoms with Crippen LogP contribution in [0.15, 0.2) is 12.2 Å². The van der Waals surface area contributed by atoms with Gasteiger partial charge in [0.05, 0.1) is 6.61 Å². The molecule has 0 aliphatic rings. The molecule has 0 saturated heterocycles. The summed E-state index contributed by atoms with van der Waals surface area (Å²) in [7, 11) is 0. The Morgan fingerprint density at radius 1 is 1.83 bits per heavy atom. The lowest BCUT2D eigenvalue weighted by atomic mass is 10.6. The molecule has 0 fully saturated rings. The van der Waals surface area contributed by atoms with Gasteiger partial charge in [0.25, 0.3) is 0 Å². The molecule has 0 saturated carbocycles. The normalized spacial score (nSPS) is 10.3. The van der Waals surface area contributed by atoms with Crippen LogP contribution >= 0.6 is 23.0 Å². The maximum Gasteiger partial charge on any atom is 0.110 e. The van der Waals surface area contributed by atoms with Gasteiger partial charge in [-0.05, 0) is 6.92 Å². The third-order valence-corrected chi connectivity index (χ3v) is 0.755. The van der Waals surface area contributed by atoms with Crippen LogP contribution in [0.1, 0.15) is 6.92 Å². The highest BCUT2D eigenvalue weighted by Crippen LogP contribution is 1.83. The van der Waals surface area contributed by atoms with Gasteiger partial charge < -0.3 is 3.07 Å². The topological polar surface area (TPSA) is 9.23 Å². The zero-order valence-electron chi connectivity index (χ0n) is 3.65. The SMILES string of the molecule is C/C=C/COI. The number of hydrogen-bond acceptors (Lipinski definition) is 1. The van der Waals surface area contributed by atoms with Crippen molar-refractivity contribution in [3.05, 3.63) is 12.2 Å². The van der Waals surface area contributed by atoms with Crippen molar-refractivity contribution in [2.75, 3.05) is 6.61 Å². The molecule has 0 aliphatic heterocycles. The first-order valence-corrected chi connectivity index (χ1v) is 2.64. The Hall–Kier alpha value is 0.430. The van der Waals surface area contributed by atoms with E-state index in [0.717, 1.165) is 6.61 Å². The molecule has 0 N–H and O–H groups in total. The van der Waals surface area contributed by atoms with Crippen molar-refractivity contribution in [2.45, 2.75) is 6.92 Å². The Morgan fingerprint density at radius 3 is 2.67 bits per heavy atom. The highest BCUT2D eigenvalue weighted by molar-refractivity contribution is 14.1. The van der Waals surface area contributed by atoms with Crippen molar-refractivity contribution in [2.24, 2.45) is 0 Å². The van der Waals surface area contributed by atoms with Crippen molar-refractivity contribution in [1.82, 2.24) is 0 Å². The lowest BCUT2D eigenvalue weighted by Gasteiger charge is -1.78. The van der Waals surface area contributed by atoms with Gasteiger partial charge in [0.15, 0.2) is 0 Å². The van der Waals surface area contributed by atoms with Gasteiger partial charge in [0, 0.05) is 0 Å². The number of rotatable bonds is 2. The maximum atomic E-state index is 4.67. The van der Waals surface area contributed by atoms with E-state index in [0.29, 0.717) is 0 Å². The predicted molar refractivity (Wildman–Crippen MR) is 34.8 cm³/mol. The third-order valence-electron chi connectivity index (χ3n) is 0.395. The van der Waals surface area contributed by atoms with Gasteiger partial charge in [0.1, 0.15) is 23.0 Å². The molecule has 0 atom stereocenters. The van der Waals surface area contributed by atoms with E-state index in [1.54, 1.807) is 0 Å². The second-order valence-electron chi connectivity index (χ2n) is 0.845. The summed E-state index contributed by atoms with van der Waals surface area (Å²) >= 11 is 1.86. The monoisotopic (exact) mass is 198 g/mol. The molecule has 0 radical (unpaired) electrons. The van der Waals surface area contributed by atoms with E-state index in [9.17, 15) is 0 Å². The van der Waals surface area contributed by atoms with Gasteiger partial charge in [-0.3, -0.25) is 0 Å². The average Bonchev–Trinajstić information content (AvgIpc) is 1.61. The number of allylic oxidation sites excluding steroid dienone is 1. The van der Waals surface area contributed by atoms with E-state index in [1.807, 2.05) is 42.1 Å². The lowest BCUT2D eigenvalue weighted by Crippen LogP contribution is -1.69. The minimum atomic E-state index is 0.719. The van der Waals surface area contributed by atoms with Crippen LogP contribution in [-0.4, -0.2) is 6.61 Å². The molecular formula is C4H7IO. The van der Waals surface area contributed by atoms with E-state index in [-0.39, 0.29) is 0 Å². The first-order chi connectivity index (χ1) is 2.91. The quantitative estimate of drug-likeness (QED) is 0.486. The minimum Gasteiger partial charge on any atom is -0.312 e. The van der Waals surface area contributed by atoms with Gasteiger partial charge in [0.2, 0.25) is 0 Å². The van der Waals surface area contributed by atoms with Crippen LogP contribution in [0.25, 0.3) is 0 Å². The fourth-order valence-electron chi connectivity index (χ4n) is 0.133. The summed E-state index contributed by atoms with van der Waals surface area (Å²) in [5.41, 5.74) is 0. The van der Waals surface area contributed by atoms with Crippen LogP contribution in [0.3, 0.4) is 0 Å². The molecule has 0 aromatic heterocycles. The lowest BCUT2D eigenvalue weighted by molar-refractivity contribution is 0.488. The van der Waals surface area contributed by atoms with Crippen LogP contribution in [0.5, 0.6) is 0 Å². The van der Waals surface area contributed by atoms with Gasteiger partial charge in [-0.1, -0.05) is 12.2 Å². The Kier molecular flexibility index (Phi) is 5.82. The zero-order valence-corrected chi connectivity index (χ0v) is 5.81. The summed E-state index contributed by atoms with van der Waals surface area (Å²) in [6.07, 6.45) is 3.91. The van der Waals surface area contributed by atoms with E-state index >= 15 is 0 Å². The van der Waals surface area contributed by atoms with Crippen LogP contribution in [0.4, 0.5) is 0 Å². The van der Waals surface area contributed by atoms with Gasteiger partial charge in [-0.15, -0.1) is 0 Å². The molecule has 0 spiro atoms. The van der Waals surface area contributed by atoms with E-state index in [1.165, 1.54) is 0 Å². The molecule has 0 bridgehead atoms. The fraction of sp³-hybridized carbons (Fsp3) is 0.500. The van der Waals surface area contributed by atoms with Crippen molar-refractivity contribution >= 4 is 23.0 Å². The standard InChI is InChI=1S/C4H7IO/c1-2-3-4-6-5/h2-3H,4H2,1H3/b3-2+. The molecule has 0 rings (SSSR count). The van der Waals surface area contributed by atoms with Crippen LogP contribution in [-0.2, 0) is 3.07 Å². The summed E-state index contributed by atoms with van der Waals surface area (Å²) in [5.74, 6) is 0. The molecule has 1 nitrogen and oxygen atoms in total. The molecule has 0 amide bonds. The van der Waals surface area contributed by atoms with Crippen LogP contribution in [0.2, 0.25) is 0 Å². The predicted octanol–water partition coefficient (Wildman–Crippen LogP) is 1.93. The summed E-state index contributed by atoms with van der Waals surface area (Å²) in [6, 6.07) is 0. The summed E-state index contributed by atoms with van der Waals surface area (Å²) in [5, 5.41) is 0. The average molecular weight is 198 g/mol. The summed E-state index contributed by atoms with van der Waals surface area (Å²) < 4.78 is 4.67. The largest absolute Gasteiger partial charge is 0.312 e. The Balaban J connectivity index is 2.66. The first kappa shape index (κ1) is 6.43. The number of halogens is 1. The first-order valence-electron chi connectivity index (χ1n) is 1.76. The second-order valence-corrected chi connectivity index (χ2v) is 1.47. The highest BCUT2D eigenvalue weighted by atomic mass is 127. The van der Waals surface area contributed by atoms with E-state index < -0.39 is 0 Å². The molecule has 0 aliphatic carbocycles. The molecule has 0 unspecified atom stereocenters. The highest BCUT2D eigenvalue weighted by Gasteiger charge is 1.64. The summed E-state index contributed by atoms with van der Waals surface area (Å²) in [6.45, 7) is 2.69. The zero-order chi connectivity index (χ0) is 4.83. The van der Waals surface area contributed by atoms with Crippen molar-refractivity contribution < 1.29 is 3.07 Å². The Morgan fingerprint density at radius 2 is 2.50 bits per heavy atom.